The third-order valence-corrected chi connectivity index (χ3v) is 3.00. The number of phenols is 1. The predicted molar refractivity (Wildman–Crippen MR) is 76.6 cm³/mol. The molecular formula is C17H12O3. The van der Waals surface area contributed by atoms with E-state index in [1.54, 1.807) is 36.4 Å². The van der Waals surface area contributed by atoms with E-state index < -0.39 is 0 Å². The molecule has 2 aromatic rings. The van der Waals surface area contributed by atoms with Gasteiger partial charge in [-0.15, -0.1) is 0 Å². The van der Waals surface area contributed by atoms with Crippen molar-refractivity contribution in [1.82, 2.24) is 0 Å². The van der Waals surface area contributed by atoms with Crippen LogP contribution in [0.4, 0.5) is 0 Å². The largest absolute Gasteiger partial charge is 0.508 e. The lowest BCUT2D eigenvalue weighted by molar-refractivity contribution is -0.130. The molecule has 3 nitrogen and oxygen atoms in total. The van der Waals surface area contributed by atoms with Crippen LogP contribution in [0.5, 0.6) is 5.75 Å². The van der Waals surface area contributed by atoms with Crippen molar-refractivity contribution in [2.75, 3.05) is 0 Å². The summed E-state index contributed by atoms with van der Waals surface area (Å²) in [5.41, 5.74) is 2.20. The van der Waals surface area contributed by atoms with Crippen LogP contribution in [0.3, 0.4) is 0 Å². The van der Waals surface area contributed by atoms with E-state index >= 15 is 0 Å². The monoisotopic (exact) mass is 264 g/mol. The molecule has 1 N–H and O–H groups in total. The van der Waals surface area contributed by atoms with Crippen molar-refractivity contribution in [3.63, 3.8) is 0 Å². The van der Waals surface area contributed by atoms with Gasteiger partial charge in [-0.3, -0.25) is 0 Å². The summed E-state index contributed by atoms with van der Waals surface area (Å²) >= 11 is 0. The number of carbonyl (C=O) groups is 1. The highest BCUT2D eigenvalue weighted by Crippen LogP contribution is 2.27. The van der Waals surface area contributed by atoms with Crippen molar-refractivity contribution in [3.8, 4) is 5.75 Å². The van der Waals surface area contributed by atoms with Crippen LogP contribution in [0.15, 0.2) is 66.2 Å². The second kappa shape index (κ2) is 5.05. The quantitative estimate of drug-likeness (QED) is 0.668. The van der Waals surface area contributed by atoms with Crippen LogP contribution < -0.4 is 0 Å². The van der Waals surface area contributed by atoms with E-state index in [4.69, 9.17) is 4.74 Å². The molecule has 3 rings (SSSR count). The zero-order valence-electron chi connectivity index (χ0n) is 10.6. The molecule has 0 aromatic heterocycles. The summed E-state index contributed by atoms with van der Waals surface area (Å²) in [6.45, 7) is 0. The smallest absolute Gasteiger partial charge is 0.343 e. The van der Waals surface area contributed by atoms with Crippen molar-refractivity contribution in [1.29, 1.82) is 0 Å². The first-order valence-corrected chi connectivity index (χ1v) is 6.22. The third kappa shape index (κ3) is 2.47. The van der Waals surface area contributed by atoms with Gasteiger partial charge in [0, 0.05) is 5.56 Å². The van der Waals surface area contributed by atoms with Gasteiger partial charge in [-0.05, 0) is 29.8 Å². The SMILES string of the molecule is O=C1OC(c2ccccc2)=C/C1=C/c1ccc(O)cc1. The van der Waals surface area contributed by atoms with Crippen molar-refractivity contribution in [2.45, 2.75) is 0 Å². The summed E-state index contributed by atoms with van der Waals surface area (Å²) in [4.78, 5) is 11.8. The van der Waals surface area contributed by atoms with Crippen LogP contribution in [0.2, 0.25) is 0 Å². The number of benzene rings is 2. The van der Waals surface area contributed by atoms with E-state index in [0.29, 0.717) is 11.3 Å². The van der Waals surface area contributed by atoms with Gasteiger partial charge in [-0.25, -0.2) is 4.79 Å². The van der Waals surface area contributed by atoms with Gasteiger partial charge < -0.3 is 9.84 Å². The zero-order chi connectivity index (χ0) is 13.9. The van der Waals surface area contributed by atoms with E-state index in [1.165, 1.54) is 0 Å². The molecule has 0 radical (unpaired) electrons. The standard InChI is InChI=1S/C17H12O3/c18-15-8-6-12(7-9-15)10-14-11-16(20-17(14)19)13-4-2-1-3-5-13/h1-11,18H/b14-10-. The van der Waals surface area contributed by atoms with Gasteiger partial charge in [0.1, 0.15) is 11.5 Å². The lowest BCUT2D eigenvalue weighted by Crippen LogP contribution is -1.96. The molecule has 0 amide bonds. The highest BCUT2D eigenvalue weighted by atomic mass is 16.5. The Kier molecular flexibility index (Phi) is 3.09. The van der Waals surface area contributed by atoms with E-state index in [2.05, 4.69) is 0 Å². The van der Waals surface area contributed by atoms with Crippen molar-refractivity contribution in [3.05, 3.63) is 77.4 Å². The summed E-state index contributed by atoms with van der Waals surface area (Å²) in [7, 11) is 0. The fraction of sp³-hybridized carbons (Fsp3) is 0. The molecule has 98 valence electrons. The Labute approximate surface area is 116 Å². The molecule has 0 aliphatic carbocycles. The van der Waals surface area contributed by atoms with Gasteiger partial charge in [-0.2, -0.15) is 0 Å². The first-order chi connectivity index (χ1) is 9.72. The van der Waals surface area contributed by atoms with Gasteiger partial charge in [0.2, 0.25) is 0 Å². The molecule has 1 heterocycles. The molecule has 0 saturated heterocycles. The van der Waals surface area contributed by atoms with Gasteiger partial charge in [-0.1, -0.05) is 42.5 Å². The second-order valence-electron chi connectivity index (χ2n) is 4.46. The Hall–Kier alpha value is -2.81. The number of hydrogen-bond donors (Lipinski definition) is 1. The van der Waals surface area contributed by atoms with E-state index in [0.717, 1.165) is 11.1 Å². The maximum absolute atomic E-state index is 11.8. The number of aromatic hydroxyl groups is 1. The van der Waals surface area contributed by atoms with Crippen molar-refractivity contribution in [2.24, 2.45) is 0 Å². The molecule has 0 atom stereocenters. The third-order valence-electron chi connectivity index (χ3n) is 3.00. The number of cyclic esters (lactones) is 1. The maximum Gasteiger partial charge on any atom is 0.343 e. The lowest BCUT2D eigenvalue weighted by Gasteiger charge is -2.00. The van der Waals surface area contributed by atoms with Crippen LogP contribution in [-0.4, -0.2) is 11.1 Å². The van der Waals surface area contributed by atoms with E-state index in [1.807, 2.05) is 30.3 Å². The number of phenolic OH excluding ortho intramolecular Hbond substituents is 1. The van der Waals surface area contributed by atoms with Crippen molar-refractivity contribution >= 4 is 17.8 Å². The van der Waals surface area contributed by atoms with Crippen LogP contribution in [0.25, 0.3) is 11.8 Å². The number of ether oxygens (including phenoxy) is 1. The van der Waals surface area contributed by atoms with Crippen LogP contribution in [-0.2, 0) is 9.53 Å². The molecule has 3 heteroatoms. The Balaban J connectivity index is 1.92. The fourth-order valence-electron chi connectivity index (χ4n) is 1.98. The lowest BCUT2D eigenvalue weighted by atomic mass is 10.1. The summed E-state index contributed by atoms with van der Waals surface area (Å²) in [5.74, 6) is 0.388. The minimum absolute atomic E-state index is 0.196. The van der Waals surface area contributed by atoms with Gasteiger partial charge in [0.25, 0.3) is 0 Å². The van der Waals surface area contributed by atoms with Gasteiger partial charge >= 0.3 is 5.97 Å². The molecule has 0 spiro atoms. The summed E-state index contributed by atoms with van der Waals surface area (Å²) < 4.78 is 5.26. The Bertz CT molecular complexity index is 695. The second-order valence-corrected chi connectivity index (χ2v) is 4.46. The van der Waals surface area contributed by atoms with E-state index in [-0.39, 0.29) is 11.7 Å². The molecule has 0 fully saturated rings. The molecule has 0 saturated carbocycles. The topological polar surface area (TPSA) is 46.5 Å². The normalized spacial score (nSPS) is 16.1. The Morgan fingerprint density at radius 2 is 1.65 bits per heavy atom. The minimum Gasteiger partial charge on any atom is -0.508 e. The van der Waals surface area contributed by atoms with Crippen molar-refractivity contribution < 1.29 is 14.6 Å². The first kappa shape index (κ1) is 12.2. The number of rotatable bonds is 2. The number of esters is 1. The van der Waals surface area contributed by atoms with Crippen LogP contribution in [0, 0.1) is 0 Å². The van der Waals surface area contributed by atoms with Crippen LogP contribution in [0.1, 0.15) is 11.1 Å². The van der Waals surface area contributed by atoms with Gasteiger partial charge in [0.15, 0.2) is 0 Å². The fourth-order valence-corrected chi connectivity index (χ4v) is 1.98. The van der Waals surface area contributed by atoms with E-state index in [9.17, 15) is 9.90 Å². The summed E-state index contributed by atoms with van der Waals surface area (Å²) in [6, 6.07) is 16.1. The molecular weight excluding hydrogens is 252 g/mol. The highest BCUT2D eigenvalue weighted by molar-refractivity contribution is 6.05. The van der Waals surface area contributed by atoms with Gasteiger partial charge in [0.05, 0.1) is 5.57 Å². The summed E-state index contributed by atoms with van der Waals surface area (Å²) in [6.07, 6.45) is 3.46. The molecule has 2 aromatic carbocycles. The zero-order valence-corrected chi connectivity index (χ0v) is 10.6. The highest BCUT2D eigenvalue weighted by Gasteiger charge is 2.21. The predicted octanol–water partition coefficient (Wildman–Crippen LogP) is 3.37. The number of hydrogen-bond acceptors (Lipinski definition) is 3. The number of carbonyl (C=O) groups excluding carboxylic acids is 1. The molecule has 1 aliphatic rings. The Morgan fingerprint density at radius 3 is 2.35 bits per heavy atom. The summed E-state index contributed by atoms with van der Waals surface area (Å²) in [5, 5.41) is 9.24. The first-order valence-electron chi connectivity index (χ1n) is 6.22. The maximum atomic E-state index is 11.8. The molecule has 1 aliphatic heterocycles. The Morgan fingerprint density at radius 1 is 0.950 bits per heavy atom. The van der Waals surface area contributed by atoms with Crippen LogP contribution >= 0.6 is 0 Å². The molecule has 0 unspecified atom stereocenters. The molecule has 0 bridgehead atoms. The average molecular weight is 264 g/mol. The minimum atomic E-state index is -0.364. The average Bonchev–Trinajstić information content (AvgIpc) is 2.84. The molecule has 20 heavy (non-hydrogen) atoms.